The zero-order chi connectivity index (χ0) is 12.8. The van der Waals surface area contributed by atoms with Crippen LogP contribution in [0.25, 0.3) is 0 Å². The molecule has 0 aromatic rings. The van der Waals surface area contributed by atoms with Gasteiger partial charge in [0.2, 0.25) is 5.91 Å². The number of nitrogens with one attached hydrogen (secondary N) is 1. The zero-order valence-electron chi connectivity index (χ0n) is 11.0. The maximum Gasteiger partial charge on any atom is 0.227 e. The van der Waals surface area contributed by atoms with Crippen LogP contribution in [0.2, 0.25) is 0 Å². The van der Waals surface area contributed by atoms with E-state index in [1.54, 1.807) is 6.92 Å². The van der Waals surface area contributed by atoms with Gasteiger partial charge in [-0.05, 0) is 26.2 Å². The molecule has 1 atom stereocenters. The van der Waals surface area contributed by atoms with Crippen LogP contribution in [-0.2, 0) is 4.79 Å². The van der Waals surface area contributed by atoms with E-state index in [1.807, 2.05) is 20.8 Å². The fourth-order valence-corrected chi connectivity index (χ4v) is 1.54. The molecule has 0 radical (unpaired) electrons. The van der Waals surface area contributed by atoms with E-state index >= 15 is 0 Å². The third-order valence-corrected chi connectivity index (χ3v) is 3.62. The van der Waals surface area contributed by atoms with Crippen molar-refractivity contribution < 1.29 is 9.90 Å². The zero-order valence-corrected chi connectivity index (χ0v) is 11.0. The van der Waals surface area contributed by atoms with Gasteiger partial charge in [0.25, 0.3) is 0 Å². The summed E-state index contributed by atoms with van der Waals surface area (Å²) in [5.41, 5.74) is 4.36. The summed E-state index contributed by atoms with van der Waals surface area (Å²) in [6, 6.07) is 0. The number of hydrogen-bond donors (Lipinski definition) is 3. The van der Waals surface area contributed by atoms with E-state index in [9.17, 15) is 9.90 Å². The van der Waals surface area contributed by atoms with Gasteiger partial charge in [-0.2, -0.15) is 0 Å². The Bertz CT molecular complexity index is 215. The molecule has 1 amide bonds. The van der Waals surface area contributed by atoms with Gasteiger partial charge in [0.05, 0.1) is 11.0 Å². The van der Waals surface area contributed by atoms with Crippen molar-refractivity contribution in [3.8, 4) is 0 Å². The molecule has 0 saturated heterocycles. The summed E-state index contributed by atoms with van der Waals surface area (Å²) in [5.74, 6) is -0.0475. The molecule has 4 N–H and O–H groups in total. The Kier molecular flexibility index (Phi) is 5.97. The number of amides is 1. The van der Waals surface area contributed by atoms with Crippen LogP contribution in [0.4, 0.5) is 0 Å². The van der Waals surface area contributed by atoms with Crippen molar-refractivity contribution in [3.05, 3.63) is 0 Å². The molecule has 0 aliphatic heterocycles. The van der Waals surface area contributed by atoms with Gasteiger partial charge in [-0.25, -0.2) is 0 Å². The van der Waals surface area contributed by atoms with E-state index in [4.69, 9.17) is 5.73 Å². The lowest BCUT2D eigenvalue weighted by Gasteiger charge is -2.30. The average molecular weight is 230 g/mol. The van der Waals surface area contributed by atoms with E-state index in [-0.39, 0.29) is 12.5 Å². The first-order chi connectivity index (χ1) is 7.37. The number of carbonyl (C=O) groups excluding carboxylic acids is 1. The van der Waals surface area contributed by atoms with Gasteiger partial charge in [0, 0.05) is 13.1 Å². The number of nitrogens with two attached hydrogens (primary N) is 1. The van der Waals surface area contributed by atoms with Gasteiger partial charge >= 0.3 is 0 Å². The Morgan fingerprint density at radius 2 is 1.75 bits per heavy atom. The fourth-order valence-electron chi connectivity index (χ4n) is 1.54. The first-order valence-corrected chi connectivity index (χ1v) is 6.08. The minimum Gasteiger partial charge on any atom is -0.388 e. The molecule has 0 aliphatic rings. The van der Waals surface area contributed by atoms with E-state index in [1.165, 1.54) is 0 Å². The Hall–Kier alpha value is -0.610. The summed E-state index contributed by atoms with van der Waals surface area (Å²) in [7, 11) is 0. The number of aliphatic hydroxyl groups is 1. The van der Waals surface area contributed by atoms with Crippen molar-refractivity contribution in [2.75, 3.05) is 13.1 Å². The Morgan fingerprint density at radius 3 is 2.06 bits per heavy atom. The average Bonchev–Trinajstić information content (AvgIpc) is 2.29. The Morgan fingerprint density at radius 1 is 1.25 bits per heavy atom. The molecule has 1 unspecified atom stereocenters. The van der Waals surface area contributed by atoms with Crippen molar-refractivity contribution in [2.45, 2.75) is 52.6 Å². The van der Waals surface area contributed by atoms with Crippen LogP contribution in [0.3, 0.4) is 0 Å². The fraction of sp³-hybridized carbons (Fsp3) is 0.917. The van der Waals surface area contributed by atoms with Gasteiger partial charge in [0.15, 0.2) is 0 Å². The van der Waals surface area contributed by atoms with Gasteiger partial charge in [-0.1, -0.05) is 20.8 Å². The van der Waals surface area contributed by atoms with Crippen molar-refractivity contribution in [2.24, 2.45) is 11.1 Å². The Balaban J connectivity index is 4.44. The second-order valence-electron chi connectivity index (χ2n) is 4.72. The third kappa shape index (κ3) is 3.76. The van der Waals surface area contributed by atoms with E-state index in [0.717, 1.165) is 12.8 Å². The topological polar surface area (TPSA) is 75.3 Å². The number of rotatable bonds is 7. The lowest BCUT2D eigenvalue weighted by atomic mass is 9.81. The minimum atomic E-state index is -0.836. The predicted molar refractivity (Wildman–Crippen MR) is 66.0 cm³/mol. The van der Waals surface area contributed by atoms with Crippen molar-refractivity contribution in [3.63, 3.8) is 0 Å². The minimum absolute atomic E-state index is 0.0475. The van der Waals surface area contributed by atoms with Gasteiger partial charge in [-0.15, -0.1) is 0 Å². The summed E-state index contributed by atoms with van der Waals surface area (Å²) in [5, 5.41) is 12.6. The first kappa shape index (κ1) is 15.4. The third-order valence-electron chi connectivity index (χ3n) is 3.62. The molecule has 0 aliphatic carbocycles. The molecule has 4 heteroatoms. The molecule has 4 nitrogen and oxygen atoms in total. The highest BCUT2D eigenvalue weighted by Crippen LogP contribution is 2.25. The highest BCUT2D eigenvalue weighted by Gasteiger charge is 2.34. The molecule has 0 aromatic carbocycles. The summed E-state index contributed by atoms with van der Waals surface area (Å²) in [4.78, 5) is 12.0. The normalized spacial score (nSPS) is 15.6. The van der Waals surface area contributed by atoms with Crippen LogP contribution < -0.4 is 11.1 Å². The quantitative estimate of drug-likeness (QED) is 0.611. The van der Waals surface area contributed by atoms with Crippen LogP contribution in [0.1, 0.15) is 47.0 Å². The summed E-state index contributed by atoms with van der Waals surface area (Å²) in [6.07, 6.45) is 2.06. The SMILES string of the molecule is CCC(C)(O)CNC(=O)C(CC)(CC)CN. The maximum absolute atomic E-state index is 12.0. The first-order valence-electron chi connectivity index (χ1n) is 6.08. The van der Waals surface area contributed by atoms with Crippen molar-refractivity contribution in [1.82, 2.24) is 5.32 Å². The predicted octanol–water partition coefficient (Wildman–Crippen LogP) is 1.03. The summed E-state index contributed by atoms with van der Waals surface area (Å²) < 4.78 is 0. The monoisotopic (exact) mass is 230 g/mol. The Labute approximate surface area is 98.6 Å². The second-order valence-corrected chi connectivity index (χ2v) is 4.72. The number of hydrogen-bond acceptors (Lipinski definition) is 3. The van der Waals surface area contributed by atoms with Crippen molar-refractivity contribution in [1.29, 1.82) is 0 Å². The molecule has 0 spiro atoms. The molecule has 0 heterocycles. The molecule has 0 fully saturated rings. The van der Waals surface area contributed by atoms with E-state index < -0.39 is 11.0 Å². The van der Waals surface area contributed by atoms with Gasteiger partial charge in [-0.3, -0.25) is 4.79 Å². The van der Waals surface area contributed by atoms with Gasteiger partial charge in [0.1, 0.15) is 0 Å². The lowest BCUT2D eigenvalue weighted by Crippen LogP contribution is -2.49. The van der Waals surface area contributed by atoms with Crippen LogP contribution in [-0.4, -0.2) is 29.7 Å². The van der Waals surface area contributed by atoms with Crippen LogP contribution >= 0.6 is 0 Å². The highest BCUT2D eigenvalue weighted by atomic mass is 16.3. The highest BCUT2D eigenvalue weighted by molar-refractivity contribution is 5.82. The molecule has 0 rings (SSSR count). The molecule has 16 heavy (non-hydrogen) atoms. The molecule has 0 bridgehead atoms. The molecule has 96 valence electrons. The van der Waals surface area contributed by atoms with E-state index in [0.29, 0.717) is 13.0 Å². The standard InChI is InChI=1S/C12H26N2O2/c1-5-11(4,16)9-14-10(15)12(6-2,7-3)8-13/h16H,5-9,13H2,1-4H3,(H,14,15). The largest absolute Gasteiger partial charge is 0.388 e. The van der Waals surface area contributed by atoms with Crippen molar-refractivity contribution >= 4 is 5.91 Å². The smallest absolute Gasteiger partial charge is 0.227 e. The molecule has 0 saturated carbocycles. The van der Waals surface area contributed by atoms with Crippen LogP contribution in [0.15, 0.2) is 0 Å². The summed E-state index contributed by atoms with van der Waals surface area (Å²) >= 11 is 0. The van der Waals surface area contributed by atoms with Crippen LogP contribution in [0, 0.1) is 5.41 Å². The maximum atomic E-state index is 12.0. The number of carbonyl (C=O) groups is 1. The lowest BCUT2D eigenvalue weighted by molar-refractivity contribution is -0.132. The molecular formula is C12H26N2O2. The van der Waals surface area contributed by atoms with Crippen LogP contribution in [0.5, 0.6) is 0 Å². The van der Waals surface area contributed by atoms with Gasteiger partial charge < -0.3 is 16.2 Å². The van der Waals surface area contributed by atoms with E-state index in [2.05, 4.69) is 5.32 Å². The molecular weight excluding hydrogens is 204 g/mol. The summed E-state index contributed by atoms with van der Waals surface area (Å²) in [6.45, 7) is 8.17. The molecule has 0 aromatic heterocycles. The second kappa shape index (κ2) is 6.21.